The number of sulfonamides is 1. The molecule has 3 aromatic rings. The topological polar surface area (TPSA) is 130 Å². The Hall–Kier alpha value is -3.79. The summed E-state index contributed by atoms with van der Waals surface area (Å²) in [7, 11) is -3.87. The molecule has 0 unspecified atom stereocenters. The van der Waals surface area contributed by atoms with Crippen molar-refractivity contribution >= 4 is 39.2 Å². The van der Waals surface area contributed by atoms with Gasteiger partial charge in [0.2, 0.25) is 17.8 Å². The number of amides is 2. The first-order valence-corrected chi connectivity index (χ1v) is 11.2. The molecule has 0 saturated heterocycles. The summed E-state index contributed by atoms with van der Waals surface area (Å²) in [6.45, 7) is 4.92. The number of carbonyl (C=O) groups is 2. The van der Waals surface area contributed by atoms with E-state index < -0.39 is 10.0 Å². The third kappa shape index (κ3) is 6.35. The minimum Gasteiger partial charge on any atom is -0.326 e. The molecule has 0 aliphatic rings. The van der Waals surface area contributed by atoms with Gasteiger partial charge in [0.1, 0.15) is 0 Å². The maximum atomic E-state index is 12.6. The average molecular weight is 454 g/mol. The van der Waals surface area contributed by atoms with Gasteiger partial charge in [-0.05, 0) is 61.9 Å². The number of nitrogens with one attached hydrogen (secondary N) is 3. The highest BCUT2D eigenvalue weighted by molar-refractivity contribution is 7.92. The number of benzene rings is 2. The molecular formula is C22H23N5O4S. The molecule has 0 radical (unpaired) electrons. The molecule has 3 rings (SSSR count). The normalized spacial score (nSPS) is 11.0. The lowest BCUT2D eigenvalue weighted by atomic mass is 10.1. The monoisotopic (exact) mass is 453 g/mol. The van der Waals surface area contributed by atoms with Gasteiger partial charge in [-0.2, -0.15) is 0 Å². The molecule has 2 amide bonds. The van der Waals surface area contributed by atoms with Gasteiger partial charge in [-0.25, -0.2) is 23.1 Å². The minimum absolute atomic E-state index is 0.00407. The van der Waals surface area contributed by atoms with Gasteiger partial charge < -0.3 is 10.6 Å². The number of rotatable bonds is 7. The molecule has 0 aliphatic heterocycles. The molecule has 0 spiro atoms. The predicted molar refractivity (Wildman–Crippen MR) is 122 cm³/mol. The second kappa shape index (κ2) is 9.56. The van der Waals surface area contributed by atoms with E-state index in [1.54, 1.807) is 44.2 Å². The molecule has 0 bridgehead atoms. The summed E-state index contributed by atoms with van der Waals surface area (Å²) in [6, 6.07) is 14.5. The zero-order valence-corrected chi connectivity index (χ0v) is 18.7. The molecule has 1 heterocycles. The molecule has 32 heavy (non-hydrogen) atoms. The summed E-state index contributed by atoms with van der Waals surface area (Å²) < 4.78 is 27.5. The van der Waals surface area contributed by atoms with Crippen molar-refractivity contribution in [2.75, 3.05) is 15.4 Å². The molecule has 0 aliphatic carbocycles. The molecular weight excluding hydrogens is 430 g/mol. The Bertz CT molecular complexity index is 1220. The van der Waals surface area contributed by atoms with E-state index in [0.717, 1.165) is 5.56 Å². The number of anilines is 3. The lowest BCUT2D eigenvalue weighted by Crippen LogP contribution is -2.16. The van der Waals surface area contributed by atoms with Crippen LogP contribution in [0.15, 0.2) is 59.5 Å². The van der Waals surface area contributed by atoms with E-state index in [1.807, 2.05) is 0 Å². The van der Waals surface area contributed by atoms with Crippen molar-refractivity contribution in [3.8, 4) is 0 Å². The van der Waals surface area contributed by atoms with Crippen LogP contribution in [0, 0.1) is 13.8 Å². The van der Waals surface area contributed by atoms with Gasteiger partial charge in [0.15, 0.2) is 0 Å². The van der Waals surface area contributed by atoms with Crippen molar-refractivity contribution < 1.29 is 18.0 Å². The van der Waals surface area contributed by atoms with Crippen LogP contribution in [0.3, 0.4) is 0 Å². The lowest BCUT2D eigenvalue weighted by Gasteiger charge is -2.10. The molecule has 1 aromatic heterocycles. The molecule has 0 saturated carbocycles. The average Bonchev–Trinajstić information content (AvgIpc) is 2.68. The summed E-state index contributed by atoms with van der Waals surface area (Å²) >= 11 is 0. The van der Waals surface area contributed by atoms with Crippen molar-refractivity contribution in [3.05, 3.63) is 71.5 Å². The van der Waals surface area contributed by atoms with E-state index in [0.29, 0.717) is 22.8 Å². The Morgan fingerprint density at radius 3 is 1.94 bits per heavy atom. The number of hydrogen-bond donors (Lipinski definition) is 3. The quantitative estimate of drug-likeness (QED) is 0.504. The number of aromatic nitrogens is 2. The van der Waals surface area contributed by atoms with E-state index in [-0.39, 0.29) is 29.1 Å². The summed E-state index contributed by atoms with van der Waals surface area (Å²) in [4.78, 5) is 31.5. The van der Waals surface area contributed by atoms with Crippen LogP contribution < -0.4 is 15.4 Å². The number of carbonyl (C=O) groups excluding carboxylic acids is 2. The standard InChI is InChI=1S/C22H23N5O4S/c1-14-12-15(2)24-22(23-14)27-32(30,31)20-10-8-19(9-11-20)26-21(29)13-17-4-6-18(7-5-17)25-16(3)28/h4-12H,13H2,1-3H3,(H,25,28)(H,26,29)(H,23,24,27). The van der Waals surface area contributed by atoms with Crippen LogP contribution in [-0.2, 0) is 26.0 Å². The highest BCUT2D eigenvalue weighted by atomic mass is 32.2. The fraction of sp³-hybridized carbons (Fsp3) is 0.182. The van der Waals surface area contributed by atoms with Crippen molar-refractivity contribution in [2.24, 2.45) is 0 Å². The van der Waals surface area contributed by atoms with Crippen LogP contribution in [0.1, 0.15) is 23.9 Å². The molecule has 0 atom stereocenters. The van der Waals surface area contributed by atoms with Gasteiger partial charge in [-0.15, -0.1) is 0 Å². The first-order valence-electron chi connectivity index (χ1n) is 9.72. The summed E-state index contributed by atoms with van der Waals surface area (Å²) in [5.41, 5.74) is 3.19. The number of hydrogen-bond acceptors (Lipinski definition) is 6. The van der Waals surface area contributed by atoms with Gasteiger partial charge in [0.05, 0.1) is 11.3 Å². The maximum Gasteiger partial charge on any atom is 0.264 e. The second-order valence-electron chi connectivity index (χ2n) is 7.21. The van der Waals surface area contributed by atoms with Crippen LogP contribution in [-0.4, -0.2) is 30.2 Å². The van der Waals surface area contributed by atoms with Gasteiger partial charge in [0, 0.05) is 29.7 Å². The fourth-order valence-electron chi connectivity index (χ4n) is 2.97. The minimum atomic E-state index is -3.87. The number of nitrogens with zero attached hydrogens (tertiary/aromatic N) is 2. The highest BCUT2D eigenvalue weighted by Crippen LogP contribution is 2.18. The molecule has 3 N–H and O–H groups in total. The van der Waals surface area contributed by atoms with E-state index in [1.165, 1.54) is 31.2 Å². The molecule has 0 fully saturated rings. The molecule has 9 nitrogen and oxygen atoms in total. The highest BCUT2D eigenvalue weighted by Gasteiger charge is 2.16. The van der Waals surface area contributed by atoms with E-state index in [9.17, 15) is 18.0 Å². The van der Waals surface area contributed by atoms with Crippen LogP contribution in [0.25, 0.3) is 0 Å². The first kappa shape index (κ1) is 22.9. The largest absolute Gasteiger partial charge is 0.326 e. The van der Waals surface area contributed by atoms with Gasteiger partial charge >= 0.3 is 0 Å². The van der Waals surface area contributed by atoms with Crippen LogP contribution >= 0.6 is 0 Å². The Morgan fingerprint density at radius 1 is 0.844 bits per heavy atom. The Morgan fingerprint density at radius 2 is 1.38 bits per heavy atom. The maximum absolute atomic E-state index is 12.6. The van der Waals surface area contributed by atoms with Gasteiger partial charge in [-0.1, -0.05) is 12.1 Å². The summed E-state index contributed by atoms with van der Waals surface area (Å²) in [5, 5.41) is 5.39. The van der Waals surface area contributed by atoms with Crippen molar-refractivity contribution in [1.82, 2.24) is 9.97 Å². The summed E-state index contributed by atoms with van der Waals surface area (Å²) in [5.74, 6) is -0.420. The van der Waals surface area contributed by atoms with E-state index in [4.69, 9.17) is 0 Å². The van der Waals surface area contributed by atoms with Crippen molar-refractivity contribution in [1.29, 1.82) is 0 Å². The Balaban J connectivity index is 1.62. The van der Waals surface area contributed by atoms with Crippen molar-refractivity contribution in [2.45, 2.75) is 32.1 Å². The van der Waals surface area contributed by atoms with E-state index >= 15 is 0 Å². The van der Waals surface area contributed by atoms with Crippen LogP contribution in [0.2, 0.25) is 0 Å². The zero-order valence-electron chi connectivity index (χ0n) is 17.8. The predicted octanol–water partition coefficient (Wildman–Crippen LogP) is 3.03. The van der Waals surface area contributed by atoms with Crippen molar-refractivity contribution in [3.63, 3.8) is 0 Å². The number of aryl methyl sites for hydroxylation is 2. The van der Waals surface area contributed by atoms with Crippen LogP contribution in [0.4, 0.5) is 17.3 Å². The van der Waals surface area contributed by atoms with Crippen LogP contribution in [0.5, 0.6) is 0 Å². The molecule has 2 aromatic carbocycles. The third-order valence-electron chi connectivity index (χ3n) is 4.30. The van der Waals surface area contributed by atoms with E-state index in [2.05, 4.69) is 25.3 Å². The SMILES string of the molecule is CC(=O)Nc1ccc(CC(=O)Nc2ccc(S(=O)(=O)Nc3nc(C)cc(C)n3)cc2)cc1. The third-order valence-corrected chi connectivity index (χ3v) is 5.64. The lowest BCUT2D eigenvalue weighted by molar-refractivity contribution is -0.116. The van der Waals surface area contributed by atoms with Gasteiger partial charge in [-0.3, -0.25) is 9.59 Å². The summed E-state index contributed by atoms with van der Waals surface area (Å²) in [6.07, 6.45) is 0.131. The first-order chi connectivity index (χ1) is 15.1. The smallest absolute Gasteiger partial charge is 0.264 e. The molecule has 166 valence electrons. The Kier molecular flexibility index (Phi) is 6.84. The second-order valence-corrected chi connectivity index (χ2v) is 8.89. The van der Waals surface area contributed by atoms with Gasteiger partial charge in [0.25, 0.3) is 10.0 Å². The zero-order chi connectivity index (χ0) is 23.3. The fourth-order valence-corrected chi connectivity index (χ4v) is 3.91. The molecule has 10 heteroatoms. The Labute approximate surface area is 186 Å².